The molecule has 76 valence electrons. The second-order valence-electron chi connectivity index (χ2n) is 2.91. The number of hydrogen-bond acceptors (Lipinski definition) is 2. The van der Waals surface area contributed by atoms with Crippen LogP contribution in [-0.2, 0) is 4.79 Å². The zero-order valence-corrected chi connectivity index (χ0v) is 8.19. The predicted octanol–water partition coefficient (Wildman–Crippen LogP) is 2.13. The van der Waals surface area contributed by atoms with E-state index in [9.17, 15) is 0 Å². The molecule has 0 unspecified atom stereocenters. The predicted molar refractivity (Wildman–Crippen MR) is 56.3 cm³/mol. The number of benzene rings is 1. The van der Waals surface area contributed by atoms with Crippen molar-refractivity contribution in [3.63, 3.8) is 0 Å². The molecule has 0 amide bonds. The molecule has 0 atom stereocenters. The van der Waals surface area contributed by atoms with E-state index in [4.69, 9.17) is 15.2 Å². The number of hydrogen-bond donors (Lipinski definition) is 2. The summed E-state index contributed by atoms with van der Waals surface area (Å²) in [6.07, 6.45) is 1.87. The van der Waals surface area contributed by atoms with Gasteiger partial charge in [0.2, 0.25) is 0 Å². The Labute approximate surface area is 86.8 Å². The standard InChI is InChI=1S/C9H6N2.C2H4O2/c10-6-7-1-2-9-8(5-7)3-4-11-9;1-2(3)4/h1-5,11H;1H3,(H,3,4). The second-order valence-corrected chi connectivity index (χ2v) is 2.91. The van der Waals surface area contributed by atoms with Crippen molar-refractivity contribution in [2.45, 2.75) is 6.92 Å². The maximum Gasteiger partial charge on any atom is 0.300 e. The molecule has 2 rings (SSSR count). The molecule has 0 saturated heterocycles. The lowest BCUT2D eigenvalue weighted by molar-refractivity contribution is -0.134. The molecule has 1 aromatic carbocycles. The Bertz CT molecular complexity index is 505. The molecular formula is C11H10N2O2. The van der Waals surface area contributed by atoms with E-state index in [1.54, 1.807) is 6.07 Å². The molecule has 1 heterocycles. The fourth-order valence-corrected chi connectivity index (χ4v) is 1.12. The SMILES string of the molecule is CC(=O)O.N#Cc1ccc2[nH]ccc2c1. The highest BCUT2D eigenvalue weighted by atomic mass is 16.4. The summed E-state index contributed by atoms with van der Waals surface area (Å²) in [4.78, 5) is 12.1. The van der Waals surface area contributed by atoms with E-state index in [2.05, 4.69) is 11.1 Å². The van der Waals surface area contributed by atoms with Gasteiger partial charge in [-0.2, -0.15) is 5.26 Å². The number of carboxylic acid groups (broad SMARTS) is 1. The van der Waals surface area contributed by atoms with Gasteiger partial charge in [0.25, 0.3) is 5.97 Å². The number of rotatable bonds is 0. The van der Waals surface area contributed by atoms with Gasteiger partial charge in [0, 0.05) is 24.0 Å². The number of nitrogens with one attached hydrogen (secondary N) is 1. The number of nitrogens with zero attached hydrogens (tertiary/aromatic N) is 1. The molecular weight excluding hydrogens is 192 g/mol. The third kappa shape index (κ3) is 3.16. The van der Waals surface area contributed by atoms with E-state index in [-0.39, 0.29) is 0 Å². The highest BCUT2D eigenvalue weighted by Gasteiger charge is 1.94. The summed E-state index contributed by atoms with van der Waals surface area (Å²) in [5, 5.41) is 17.1. The van der Waals surface area contributed by atoms with Gasteiger partial charge in [-0.1, -0.05) is 0 Å². The van der Waals surface area contributed by atoms with Crippen molar-refractivity contribution in [3.05, 3.63) is 36.0 Å². The van der Waals surface area contributed by atoms with E-state index < -0.39 is 5.97 Å². The highest BCUT2D eigenvalue weighted by Crippen LogP contribution is 2.12. The van der Waals surface area contributed by atoms with Gasteiger partial charge in [-0.15, -0.1) is 0 Å². The van der Waals surface area contributed by atoms with Crippen LogP contribution in [0.25, 0.3) is 10.9 Å². The molecule has 2 N–H and O–H groups in total. The molecule has 4 nitrogen and oxygen atoms in total. The lowest BCUT2D eigenvalue weighted by Crippen LogP contribution is -1.78. The van der Waals surface area contributed by atoms with Crippen molar-refractivity contribution in [1.82, 2.24) is 4.98 Å². The second kappa shape index (κ2) is 4.82. The van der Waals surface area contributed by atoms with Crippen LogP contribution in [0.2, 0.25) is 0 Å². The van der Waals surface area contributed by atoms with Crippen LogP contribution in [0.4, 0.5) is 0 Å². The first kappa shape index (κ1) is 10.8. The summed E-state index contributed by atoms with van der Waals surface area (Å²) in [6.45, 7) is 1.08. The first-order chi connectivity index (χ1) is 7.13. The number of carboxylic acids is 1. The van der Waals surface area contributed by atoms with E-state index >= 15 is 0 Å². The molecule has 0 radical (unpaired) electrons. The highest BCUT2D eigenvalue weighted by molar-refractivity contribution is 5.80. The minimum absolute atomic E-state index is 0.706. The number of aliphatic carboxylic acids is 1. The van der Waals surface area contributed by atoms with Crippen LogP contribution >= 0.6 is 0 Å². The van der Waals surface area contributed by atoms with E-state index in [0.29, 0.717) is 5.56 Å². The minimum atomic E-state index is -0.833. The molecule has 0 bridgehead atoms. The molecule has 0 saturated carbocycles. The largest absolute Gasteiger partial charge is 0.481 e. The van der Waals surface area contributed by atoms with Crippen LogP contribution in [0.15, 0.2) is 30.5 Å². The Morgan fingerprint density at radius 1 is 1.47 bits per heavy atom. The lowest BCUT2D eigenvalue weighted by Gasteiger charge is -1.88. The van der Waals surface area contributed by atoms with Gasteiger partial charge >= 0.3 is 0 Å². The quantitative estimate of drug-likeness (QED) is 0.687. The number of fused-ring (bicyclic) bond motifs is 1. The zero-order chi connectivity index (χ0) is 11.3. The summed E-state index contributed by atoms with van der Waals surface area (Å²) in [7, 11) is 0. The fraction of sp³-hybridized carbons (Fsp3) is 0.0909. The van der Waals surface area contributed by atoms with Gasteiger partial charge in [-0.3, -0.25) is 4.79 Å². The van der Waals surface area contributed by atoms with Crippen LogP contribution in [-0.4, -0.2) is 16.1 Å². The topological polar surface area (TPSA) is 76.9 Å². The Morgan fingerprint density at radius 3 is 2.73 bits per heavy atom. The van der Waals surface area contributed by atoms with Gasteiger partial charge in [-0.25, -0.2) is 0 Å². The maximum atomic E-state index is 9.00. The molecule has 0 aliphatic rings. The molecule has 0 aliphatic heterocycles. The van der Waals surface area contributed by atoms with Crippen LogP contribution in [0, 0.1) is 11.3 Å². The minimum Gasteiger partial charge on any atom is -0.481 e. The first-order valence-corrected chi connectivity index (χ1v) is 4.30. The van der Waals surface area contributed by atoms with Crippen molar-refractivity contribution >= 4 is 16.9 Å². The van der Waals surface area contributed by atoms with Crippen molar-refractivity contribution < 1.29 is 9.90 Å². The Morgan fingerprint density at radius 2 is 2.13 bits per heavy atom. The van der Waals surface area contributed by atoms with Gasteiger partial charge in [0.05, 0.1) is 11.6 Å². The average molecular weight is 202 g/mol. The van der Waals surface area contributed by atoms with E-state index in [1.807, 2.05) is 24.4 Å². The Kier molecular flexibility index (Phi) is 3.47. The Hall–Kier alpha value is -2.28. The molecule has 0 fully saturated rings. The Balaban J connectivity index is 0.000000245. The molecule has 0 aliphatic carbocycles. The zero-order valence-electron chi connectivity index (χ0n) is 8.19. The molecule has 4 heteroatoms. The fourth-order valence-electron chi connectivity index (χ4n) is 1.12. The average Bonchev–Trinajstić information content (AvgIpc) is 2.63. The number of aromatic nitrogens is 1. The van der Waals surface area contributed by atoms with Crippen molar-refractivity contribution in [2.75, 3.05) is 0 Å². The molecule has 2 aromatic rings. The lowest BCUT2D eigenvalue weighted by atomic mass is 10.2. The van der Waals surface area contributed by atoms with Crippen LogP contribution < -0.4 is 0 Å². The maximum absolute atomic E-state index is 9.00. The molecule has 0 spiro atoms. The van der Waals surface area contributed by atoms with Crippen molar-refractivity contribution in [3.8, 4) is 6.07 Å². The summed E-state index contributed by atoms with van der Waals surface area (Å²) in [6, 6.07) is 9.63. The number of H-pyrrole nitrogens is 1. The monoisotopic (exact) mass is 202 g/mol. The number of aromatic amines is 1. The first-order valence-electron chi connectivity index (χ1n) is 4.30. The number of carbonyl (C=O) groups is 1. The van der Waals surface area contributed by atoms with Gasteiger partial charge < -0.3 is 10.1 Å². The summed E-state index contributed by atoms with van der Waals surface area (Å²) in [5.74, 6) is -0.833. The molecule has 1 aromatic heterocycles. The third-order valence-electron chi connectivity index (χ3n) is 1.68. The third-order valence-corrected chi connectivity index (χ3v) is 1.68. The molecule has 15 heavy (non-hydrogen) atoms. The summed E-state index contributed by atoms with van der Waals surface area (Å²) >= 11 is 0. The van der Waals surface area contributed by atoms with Crippen LogP contribution in [0.1, 0.15) is 12.5 Å². The van der Waals surface area contributed by atoms with Crippen LogP contribution in [0.3, 0.4) is 0 Å². The van der Waals surface area contributed by atoms with Crippen LogP contribution in [0.5, 0.6) is 0 Å². The number of nitriles is 1. The normalized spacial score (nSPS) is 8.80. The van der Waals surface area contributed by atoms with E-state index in [0.717, 1.165) is 17.8 Å². The van der Waals surface area contributed by atoms with Crippen molar-refractivity contribution in [1.29, 1.82) is 5.26 Å². The summed E-state index contributed by atoms with van der Waals surface area (Å²) in [5.41, 5.74) is 1.78. The smallest absolute Gasteiger partial charge is 0.300 e. The van der Waals surface area contributed by atoms with Gasteiger partial charge in [0.15, 0.2) is 0 Å². The van der Waals surface area contributed by atoms with Gasteiger partial charge in [0.1, 0.15) is 0 Å². The van der Waals surface area contributed by atoms with Gasteiger partial charge in [-0.05, 0) is 24.3 Å². The van der Waals surface area contributed by atoms with Crippen molar-refractivity contribution in [2.24, 2.45) is 0 Å². The van der Waals surface area contributed by atoms with E-state index in [1.165, 1.54) is 0 Å². The summed E-state index contributed by atoms with van der Waals surface area (Å²) < 4.78 is 0.